The molecule has 0 bridgehead atoms. The Labute approximate surface area is 119 Å². The van der Waals surface area contributed by atoms with E-state index in [1.165, 1.54) is 29.5 Å². The summed E-state index contributed by atoms with van der Waals surface area (Å²) in [6, 6.07) is 4.18. The quantitative estimate of drug-likeness (QED) is 0.676. The molecule has 0 radical (unpaired) electrons. The van der Waals surface area contributed by atoms with Gasteiger partial charge in [-0.15, -0.1) is 11.3 Å². The maximum Gasteiger partial charge on any atom is 0.270 e. The molecule has 20 heavy (non-hydrogen) atoms. The van der Waals surface area contributed by atoms with Crippen LogP contribution in [0.25, 0.3) is 0 Å². The number of ether oxygens (including phenoxy) is 1. The normalized spacial score (nSPS) is 12.2. The predicted molar refractivity (Wildman–Crippen MR) is 74.9 cm³/mol. The molecule has 0 fully saturated rings. The minimum absolute atomic E-state index is 0.0715. The number of aromatic nitrogens is 1. The van der Waals surface area contributed by atoms with Crippen LogP contribution in [0.15, 0.2) is 23.6 Å². The van der Waals surface area contributed by atoms with E-state index < -0.39 is 11.0 Å². The number of nitro benzene ring substituents is 1. The molecular weight excluding hydrogens is 280 g/mol. The monoisotopic (exact) mass is 294 g/mol. The van der Waals surface area contributed by atoms with Crippen LogP contribution in [0, 0.1) is 17.0 Å². The van der Waals surface area contributed by atoms with Crippen molar-refractivity contribution in [1.29, 1.82) is 0 Å². The molecule has 7 heteroatoms. The molecule has 0 saturated carbocycles. The molecular formula is C13H14N2O4S. The molecule has 6 nitrogen and oxygen atoms in total. The molecule has 1 atom stereocenters. The number of hydrogen-bond donors (Lipinski definition) is 1. The van der Waals surface area contributed by atoms with Gasteiger partial charge < -0.3 is 9.84 Å². The van der Waals surface area contributed by atoms with Crippen LogP contribution in [0.2, 0.25) is 0 Å². The summed E-state index contributed by atoms with van der Waals surface area (Å²) >= 11 is 1.53. The summed E-state index contributed by atoms with van der Waals surface area (Å²) in [4.78, 5) is 14.5. The van der Waals surface area contributed by atoms with Crippen molar-refractivity contribution in [2.75, 3.05) is 0 Å². The topological polar surface area (TPSA) is 85.5 Å². The Morgan fingerprint density at radius 2 is 2.30 bits per heavy atom. The Kier molecular flexibility index (Phi) is 4.31. The summed E-state index contributed by atoms with van der Waals surface area (Å²) in [5, 5.41) is 23.3. The number of aliphatic hydroxyl groups excluding tert-OH is 1. The maximum atomic E-state index is 10.7. The van der Waals surface area contributed by atoms with Crippen LogP contribution in [0.4, 0.5) is 5.69 Å². The van der Waals surface area contributed by atoms with Crippen LogP contribution in [-0.2, 0) is 6.61 Å². The summed E-state index contributed by atoms with van der Waals surface area (Å²) in [5.74, 6) is 0.427. The van der Waals surface area contributed by atoms with E-state index in [4.69, 9.17) is 4.74 Å². The summed E-state index contributed by atoms with van der Waals surface area (Å²) in [6.45, 7) is 3.71. The number of aliphatic hydroxyl groups is 1. The minimum atomic E-state index is -0.845. The van der Waals surface area contributed by atoms with Gasteiger partial charge in [0.25, 0.3) is 5.69 Å². The van der Waals surface area contributed by atoms with Gasteiger partial charge in [0.1, 0.15) is 12.4 Å². The third kappa shape index (κ3) is 3.31. The molecule has 0 saturated heterocycles. The number of aryl methyl sites for hydroxylation is 1. The second-order valence-electron chi connectivity index (χ2n) is 4.30. The molecule has 0 amide bonds. The van der Waals surface area contributed by atoms with Gasteiger partial charge in [-0.3, -0.25) is 10.1 Å². The number of thiazole rings is 1. The highest BCUT2D eigenvalue weighted by molar-refractivity contribution is 7.09. The fourth-order valence-corrected chi connectivity index (χ4v) is 2.33. The summed E-state index contributed by atoms with van der Waals surface area (Å²) in [5.41, 5.74) is 1.12. The predicted octanol–water partition coefficient (Wildman–Crippen LogP) is 2.99. The van der Waals surface area contributed by atoms with Gasteiger partial charge in [-0.1, -0.05) is 0 Å². The van der Waals surface area contributed by atoms with Gasteiger partial charge in [-0.25, -0.2) is 4.98 Å². The molecule has 0 aliphatic heterocycles. The van der Waals surface area contributed by atoms with Crippen LogP contribution in [0.5, 0.6) is 5.75 Å². The summed E-state index contributed by atoms with van der Waals surface area (Å²) in [7, 11) is 0. The van der Waals surface area contributed by atoms with Gasteiger partial charge in [-0.2, -0.15) is 0 Å². The third-order valence-corrected chi connectivity index (χ3v) is 3.52. The van der Waals surface area contributed by atoms with Gasteiger partial charge >= 0.3 is 0 Å². The molecule has 1 aromatic carbocycles. The second-order valence-corrected chi connectivity index (χ2v) is 5.36. The molecule has 0 aliphatic carbocycles. The Balaban J connectivity index is 2.20. The lowest BCUT2D eigenvalue weighted by Gasteiger charge is -2.12. The molecule has 106 valence electrons. The van der Waals surface area contributed by atoms with E-state index in [1.807, 2.05) is 12.3 Å². The molecule has 2 aromatic rings. The fourth-order valence-electron chi connectivity index (χ4n) is 1.73. The Hall–Kier alpha value is -1.99. The van der Waals surface area contributed by atoms with E-state index in [2.05, 4.69) is 4.98 Å². The average molecular weight is 294 g/mol. The van der Waals surface area contributed by atoms with Gasteiger partial charge in [0.05, 0.1) is 21.7 Å². The lowest BCUT2D eigenvalue weighted by atomic mass is 10.1. The van der Waals surface area contributed by atoms with Crippen molar-refractivity contribution in [2.45, 2.75) is 26.6 Å². The zero-order valence-electron chi connectivity index (χ0n) is 11.1. The Bertz CT molecular complexity index is 625. The number of nitrogens with zero attached hydrogens (tertiary/aromatic N) is 2. The first-order valence-electron chi connectivity index (χ1n) is 5.97. The van der Waals surface area contributed by atoms with Crippen LogP contribution < -0.4 is 4.74 Å². The van der Waals surface area contributed by atoms with E-state index in [-0.39, 0.29) is 12.3 Å². The molecule has 0 aliphatic rings. The zero-order chi connectivity index (χ0) is 14.7. The van der Waals surface area contributed by atoms with Crippen LogP contribution in [0.1, 0.15) is 29.3 Å². The van der Waals surface area contributed by atoms with Crippen molar-refractivity contribution in [3.05, 3.63) is 50.0 Å². The smallest absolute Gasteiger partial charge is 0.270 e. The van der Waals surface area contributed by atoms with E-state index >= 15 is 0 Å². The van der Waals surface area contributed by atoms with E-state index in [1.54, 1.807) is 6.92 Å². The van der Waals surface area contributed by atoms with Gasteiger partial charge in [0.2, 0.25) is 0 Å². The van der Waals surface area contributed by atoms with Crippen molar-refractivity contribution in [1.82, 2.24) is 4.98 Å². The highest BCUT2D eigenvalue weighted by atomic mass is 32.1. The lowest BCUT2D eigenvalue weighted by Crippen LogP contribution is -2.02. The highest BCUT2D eigenvalue weighted by Gasteiger charge is 2.15. The zero-order valence-corrected chi connectivity index (χ0v) is 11.9. The molecule has 2 rings (SSSR count). The van der Waals surface area contributed by atoms with Gasteiger partial charge in [0.15, 0.2) is 0 Å². The molecule has 1 unspecified atom stereocenters. The van der Waals surface area contributed by atoms with E-state index in [9.17, 15) is 15.2 Å². The van der Waals surface area contributed by atoms with Crippen molar-refractivity contribution < 1.29 is 14.8 Å². The maximum absolute atomic E-state index is 10.7. The van der Waals surface area contributed by atoms with Crippen molar-refractivity contribution in [3.63, 3.8) is 0 Å². The van der Waals surface area contributed by atoms with E-state index in [0.717, 1.165) is 10.7 Å². The third-order valence-electron chi connectivity index (χ3n) is 2.70. The number of non-ortho nitro benzene ring substituents is 1. The van der Waals surface area contributed by atoms with E-state index in [0.29, 0.717) is 11.3 Å². The standard InChI is InChI=1S/C13H14N2O4S/c1-8(16)12-5-11(15(17)18)3-4-13(12)19-6-10-7-20-9(2)14-10/h3-5,7-8,16H,6H2,1-2H3. The number of benzene rings is 1. The first-order chi connectivity index (χ1) is 9.47. The van der Waals surface area contributed by atoms with Gasteiger partial charge in [-0.05, 0) is 19.9 Å². The highest BCUT2D eigenvalue weighted by Crippen LogP contribution is 2.29. The van der Waals surface area contributed by atoms with Crippen LogP contribution >= 0.6 is 11.3 Å². The van der Waals surface area contributed by atoms with Gasteiger partial charge in [0, 0.05) is 23.1 Å². The average Bonchev–Trinajstić information content (AvgIpc) is 2.81. The lowest BCUT2D eigenvalue weighted by molar-refractivity contribution is -0.385. The van der Waals surface area contributed by atoms with Crippen LogP contribution in [0.3, 0.4) is 0 Å². The summed E-state index contributed by atoms with van der Waals surface area (Å²) < 4.78 is 5.59. The van der Waals surface area contributed by atoms with Crippen molar-refractivity contribution in [2.24, 2.45) is 0 Å². The SMILES string of the molecule is Cc1nc(COc2ccc([N+](=O)[O-])cc2C(C)O)cs1. The second kappa shape index (κ2) is 5.98. The number of hydrogen-bond acceptors (Lipinski definition) is 6. The Morgan fingerprint density at radius 3 is 2.85 bits per heavy atom. The molecule has 1 heterocycles. The van der Waals surface area contributed by atoms with Crippen molar-refractivity contribution >= 4 is 17.0 Å². The van der Waals surface area contributed by atoms with Crippen LogP contribution in [-0.4, -0.2) is 15.0 Å². The molecule has 0 spiro atoms. The number of nitro groups is 1. The fraction of sp³-hybridized carbons (Fsp3) is 0.308. The first kappa shape index (κ1) is 14.4. The summed E-state index contributed by atoms with van der Waals surface area (Å²) in [6.07, 6.45) is -0.845. The first-order valence-corrected chi connectivity index (χ1v) is 6.85. The minimum Gasteiger partial charge on any atom is -0.487 e. The largest absolute Gasteiger partial charge is 0.487 e. The van der Waals surface area contributed by atoms with Crippen molar-refractivity contribution in [3.8, 4) is 5.75 Å². The molecule has 1 aromatic heterocycles. The molecule has 1 N–H and O–H groups in total. The Morgan fingerprint density at radius 1 is 1.55 bits per heavy atom. The number of rotatable bonds is 5.